The molecule has 100 valence electrons. The second-order valence-corrected chi connectivity index (χ2v) is 6.08. The SMILES string of the molecule is C=C/C(I)=C1/C=CC(C2(NCC#N)CCC2)=CN1C. The molecule has 0 atom stereocenters. The maximum Gasteiger partial charge on any atom is 0.0847 e. The summed E-state index contributed by atoms with van der Waals surface area (Å²) in [5, 5.41) is 12.2. The van der Waals surface area contributed by atoms with Crippen LogP contribution in [0.15, 0.2) is 45.9 Å². The lowest BCUT2D eigenvalue weighted by atomic mass is 9.71. The summed E-state index contributed by atoms with van der Waals surface area (Å²) in [5.74, 6) is 0. The van der Waals surface area contributed by atoms with Gasteiger partial charge in [0.05, 0.1) is 18.3 Å². The summed E-state index contributed by atoms with van der Waals surface area (Å²) in [4.78, 5) is 2.13. The minimum Gasteiger partial charge on any atom is -0.350 e. The molecule has 0 aromatic rings. The van der Waals surface area contributed by atoms with Crippen molar-refractivity contribution in [3.8, 4) is 6.07 Å². The van der Waals surface area contributed by atoms with Crippen LogP contribution in [0.25, 0.3) is 0 Å². The van der Waals surface area contributed by atoms with Crippen molar-refractivity contribution in [1.82, 2.24) is 10.2 Å². The van der Waals surface area contributed by atoms with E-state index in [0.29, 0.717) is 6.54 Å². The standard InChI is InChI=1S/C15H18IN3/c1-3-13(16)14-6-5-12(11-19(14)2)15(7-4-8-15)18-10-9-17/h3,5-6,11,18H,1,4,7-8,10H2,2H3/b14-13+. The maximum absolute atomic E-state index is 8.77. The highest BCUT2D eigenvalue weighted by atomic mass is 127. The summed E-state index contributed by atoms with van der Waals surface area (Å²) in [6.07, 6.45) is 11.8. The van der Waals surface area contributed by atoms with Gasteiger partial charge < -0.3 is 4.90 Å². The van der Waals surface area contributed by atoms with Crippen LogP contribution in [-0.2, 0) is 0 Å². The van der Waals surface area contributed by atoms with E-state index in [2.05, 4.69) is 70.9 Å². The normalized spacial score (nSPS) is 23.2. The first-order chi connectivity index (χ1) is 9.13. The number of hydrogen-bond acceptors (Lipinski definition) is 3. The molecular formula is C15H18IN3. The highest BCUT2D eigenvalue weighted by Crippen LogP contribution is 2.40. The molecule has 0 amide bonds. The van der Waals surface area contributed by atoms with Gasteiger partial charge in [0.25, 0.3) is 0 Å². The van der Waals surface area contributed by atoms with E-state index in [1.165, 1.54) is 12.0 Å². The van der Waals surface area contributed by atoms with Crippen LogP contribution in [0, 0.1) is 11.3 Å². The molecule has 2 aliphatic rings. The molecule has 0 saturated heterocycles. The fourth-order valence-electron chi connectivity index (χ4n) is 2.55. The van der Waals surface area contributed by atoms with Crippen molar-refractivity contribution in [2.75, 3.05) is 13.6 Å². The van der Waals surface area contributed by atoms with Crippen molar-refractivity contribution in [3.05, 3.63) is 45.9 Å². The average molecular weight is 367 g/mol. The summed E-state index contributed by atoms with van der Waals surface area (Å²) in [6, 6.07) is 2.18. The Morgan fingerprint density at radius 1 is 1.63 bits per heavy atom. The Labute approximate surface area is 128 Å². The predicted molar refractivity (Wildman–Crippen MR) is 86.4 cm³/mol. The number of nitrogens with zero attached hydrogens (tertiary/aromatic N) is 2. The number of halogens is 1. The van der Waals surface area contributed by atoms with E-state index in [9.17, 15) is 0 Å². The van der Waals surface area contributed by atoms with Crippen LogP contribution in [0.2, 0.25) is 0 Å². The Kier molecular flexibility index (Phi) is 4.48. The molecule has 0 aromatic heterocycles. The quantitative estimate of drug-likeness (QED) is 0.613. The zero-order valence-corrected chi connectivity index (χ0v) is 13.3. The van der Waals surface area contributed by atoms with Gasteiger partial charge in [-0.05, 0) is 53.5 Å². The van der Waals surface area contributed by atoms with E-state index in [0.717, 1.165) is 22.1 Å². The maximum atomic E-state index is 8.77. The molecule has 4 heteroatoms. The molecule has 0 bridgehead atoms. The van der Waals surface area contributed by atoms with E-state index in [4.69, 9.17) is 5.26 Å². The molecule has 1 fully saturated rings. The molecule has 19 heavy (non-hydrogen) atoms. The van der Waals surface area contributed by atoms with Crippen molar-refractivity contribution in [1.29, 1.82) is 5.26 Å². The summed E-state index contributed by atoms with van der Waals surface area (Å²) in [6.45, 7) is 4.22. The summed E-state index contributed by atoms with van der Waals surface area (Å²) >= 11 is 2.29. The van der Waals surface area contributed by atoms with Crippen molar-refractivity contribution >= 4 is 22.6 Å². The van der Waals surface area contributed by atoms with Crippen LogP contribution in [0.1, 0.15) is 19.3 Å². The highest BCUT2D eigenvalue weighted by molar-refractivity contribution is 14.1. The first kappa shape index (κ1) is 14.4. The molecule has 0 aromatic carbocycles. The van der Waals surface area contributed by atoms with Crippen molar-refractivity contribution in [2.45, 2.75) is 24.8 Å². The number of nitrogens with one attached hydrogen (secondary N) is 1. The van der Waals surface area contributed by atoms with Crippen LogP contribution >= 0.6 is 22.6 Å². The molecule has 1 aliphatic heterocycles. The Morgan fingerprint density at radius 3 is 2.84 bits per heavy atom. The first-order valence-corrected chi connectivity index (χ1v) is 7.48. The smallest absolute Gasteiger partial charge is 0.0847 e. The van der Waals surface area contributed by atoms with E-state index in [1.807, 2.05) is 6.08 Å². The molecule has 1 N–H and O–H groups in total. The van der Waals surface area contributed by atoms with E-state index in [-0.39, 0.29) is 5.54 Å². The lowest BCUT2D eigenvalue weighted by Crippen LogP contribution is -2.52. The average Bonchev–Trinajstić information content (AvgIpc) is 2.37. The highest BCUT2D eigenvalue weighted by Gasteiger charge is 2.39. The van der Waals surface area contributed by atoms with Crippen LogP contribution < -0.4 is 5.32 Å². The Morgan fingerprint density at radius 2 is 2.37 bits per heavy atom. The predicted octanol–water partition coefficient (Wildman–Crippen LogP) is 3.24. The number of likely N-dealkylation sites (N-methyl/N-ethyl adjacent to an activating group) is 1. The van der Waals surface area contributed by atoms with Gasteiger partial charge in [0.1, 0.15) is 0 Å². The first-order valence-electron chi connectivity index (χ1n) is 6.40. The van der Waals surface area contributed by atoms with E-state index >= 15 is 0 Å². The van der Waals surface area contributed by atoms with E-state index < -0.39 is 0 Å². The third kappa shape index (κ3) is 2.77. The summed E-state index contributed by atoms with van der Waals surface area (Å²) in [5.41, 5.74) is 2.44. The molecule has 1 aliphatic carbocycles. The van der Waals surface area contributed by atoms with Crippen LogP contribution in [0.4, 0.5) is 0 Å². The van der Waals surface area contributed by atoms with Gasteiger partial charge >= 0.3 is 0 Å². The van der Waals surface area contributed by atoms with Crippen LogP contribution in [-0.4, -0.2) is 24.0 Å². The lowest BCUT2D eigenvalue weighted by molar-refractivity contribution is 0.240. The second kappa shape index (κ2) is 5.93. The Balaban J connectivity index is 2.22. The molecule has 2 rings (SSSR count). The minimum atomic E-state index is 0.00559. The van der Waals surface area contributed by atoms with Gasteiger partial charge in [-0.2, -0.15) is 5.26 Å². The number of nitriles is 1. The van der Waals surface area contributed by atoms with Crippen LogP contribution in [0.3, 0.4) is 0 Å². The van der Waals surface area contributed by atoms with Gasteiger partial charge in [-0.15, -0.1) is 0 Å². The topological polar surface area (TPSA) is 39.1 Å². The fourth-order valence-corrected chi connectivity index (χ4v) is 3.11. The molecule has 1 heterocycles. The molecule has 3 nitrogen and oxygen atoms in total. The molecule has 1 saturated carbocycles. The zero-order chi connectivity index (χ0) is 13.9. The zero-order valence-electron chi connectivity index (χ0n) is 11.1. The van der Waals surface area contributed by atoms with Crippen molar-refractivity contribution in [3.63, 3.8) is 0 Å². The minimum absolute atomic E-state index is 0.00559. The molecular weight excluding hydrogens is 349 g/mol. The van der Waals surface area contributed by atoms with Gasteiger partial charge in [0.15, 0.2) is 0 Å². The van der Waals surface area contributed by atoms with Gasteiger partial charge in [-0.1, -0.05) is 18.7 Å². The van der Waals surface area contributed by atoms with Gasteiger partial charge in [-0.3, -0.25) is 5.32 Å². The van der Waals surface area contributed by atoms with Gasteiger partial charge in [-0.25, -0.2) is 0 Å². The molecule has 0 spiro atoms. The third-order valence-electron chi connectivity index (χ3n) is 3.82. The molecule has 0 unspecified atom stereocenters. The Bertz CT molecular complexity index is 504. The number of hydrogen-bond donors (Lipinski definition) is 1. The number of allylic oxidation sites excluding steroid dienone is 3. The third-order valence-corrected chi connectivity index (χ3v) is 4.82. The summed E-state index contributed by atoms with van der Waals surface area (Å²) in [7, 11) is 2.05. The monoisotopic (exact) mass is 367 g/mol. The fraction of sp³-hybridized carbons (Fsp3) is 0.400. The molecule has 0 radical (unpaired) electrons. The van der Waals surface area contributed by atoms with Crippen molar-refractivity contribution in [2.24, 2.45) is 0 Å². The Hall–Kier alpha value is -1.06. The van der Waals surface area contributed by atoms with E-state index in [1.54, 1.807) is 0 Å². The summed E-state index contributed by atoms with van der Waals surface area (Å²) < 4.78 is 1.14. The largest absolute Gasteiger partial charge is 0.350 e. The second-order valence-electron chi connectivity index (χ2n) is 4.91. The van der Waals surface area contributed by atoms with Gasteiger partial charge in [0.2, 0.25) is 0 Å². The number of rotatable bonds is 4. The van der Waals surface area contributed by atoms with Crippen LogP contribution in [0.5, 0.6) is 0 Å². The van der Waals surface area contributed by atoms with Gasteiger partial charge in [0, 0.05) is 22.4 Å². The lowest BCUT2D eigenvalue weighted by Gasteiger charge is -2.45. The van der Waals surface area contributed by atoms with Crippen molar-refractivity contribution < 1.29 is 0 Å².